The van der Waals surface area contributed by atoms with Crippen LogP contribution in [0.2, 0.25) is 5.02 Å². The van der Waals surface area contributed by atoms with Gasteiger partial charge in [-0.3, -0.25) is 5.43 Å². The molecule has 4 N–H and O–H groups in total. The van der Waals surface area contributed by atoms with Gasteiger partial charge in [0.15, 0.2) is 17.7 Å². The number of hydrogen-bond acceptors (Lipinski definition) is 10. The number of halogens is 2. The van der Waals surface area contributed by atoms with Gasteiger partial charge in [-0.25, -0.2) is 9.59 Å². The Morgan fingerprint density at radius 1 is 1.20 bits per heavy atom. The lowest BCUT2D eigenvalue weighted by Crippen LogP contribution is -2.45. The highest BCUT2D eigenvalue weighted by atomic mass is 79.9. The Labute approximate surface area is 279 Å². The minimum Gasteiger partial charge on any atom is -0.490 e. The van der Waals surface area contributed by atoms with Crippen LogP contribution in [0.25, 0.3) is 0 Å². The number of benzene rings is 3. The molecule has 2 atom stereocenters. The SMILES string of the molecule is CCOc1cc([C@@H]2NC(=O)NC(C)=C2C(=O)OC)ccc1OC[C@H](O)N/N=C/c1cc(Cl)cc(Br)c1OCc1ccccc1C#N. The largest absolute Gasteiger partial charge is 0.490 e. The Bertz CT molecular complexity index is 1710. The summed E-state index contributed by atoms with van der Waals surface area (Å²) in [6.07, 6.45) is 0.216. The molecule has 46 heavy (non-hydrogen) atoms. The van der Waals surface area contributed by atoms with Crippen LogP contribution < -0.4 is 30.3 Å². The molecule has 0 saturated heterocycles. The molecule has 0 aliphatic carbocycles. The predicted molar refractivity (Wildman–Crippen MR) is 174 cm³/mol. The second-order valence-corrected chi connectivity index (χ2v) is 11.1. The highest BCUT2D eigenvalue weighted by Crippen LogP contribution is 2.35. The third-order valence-electron chi connectivity index (χ3n) is 6.65. The highest BCUT2D eigenvalue weighted by molar-refractivity contribution is 9.10. The van der Waals surface area contributed by atoms with Crippen molar-refractivity contribution in [3.63, 3.8) is 0 Å². The molecule has 0 radical (unpaired) electrons. The van der Waals surface area contributed by atoms with Crippen LogP contribution >= 0.6 is 27.5 Å². The Morgan fingerprint density at radius 3 is 2.72 bits per heavy atom. The zero-order chi connectivity index (χ0) is 33.2. The van der Waals surface area contributed by atoms with E-state index < -0.39 is 24.3 Å². The van der Waals surface area contributed by atoms with E-state index in [1.807, 2.05) is 6.07 Å². The third kappa shape index (κ3) is 8.48. The van der Waals surface area contributed by atoms with Crippen molar-refractivity contribution in [3.8, 4) is 23.3 Å². The molecule has 0 fully saturated rings. The van der Waals surface area contributed by atoms with E-state index in [0.29, 0.717) is 55.7 Å². The molecule has 240 valence electrons. The van der Waals surface area contributed by atoms with Crippen LogP contribution in [-0.4, -0.2) is 49.9 Å². The lowest BCUT2D eigenvalue weighted by Gasteiger charge is -2.28. The van der Waals surface area contributed by atoms with E-state index in [4.69, 9.17) is 30.5 Å². The smallest absolute Gasteiger partial charge is 0.337 e. The number of esters is 1. The van der Waals surface area contributed by atoms with Gasteiger partial charge in [-0.15, -0.1) is 0 Å². The summed E-state index contributed by atoms with van der Waals surface area (Å²) in [6.45, 7) is 3.65. The van der Waals surface area contributed by atoms with Crippen molar-refractivity contribution in [3.05, 3.63) is 97.6 Å². The topological polar surface area (TPSA) is 164 Å². The number of amides is 2. The molecule has 1 aliphatic rings. The molecule has 0 bridgehead atoms. The quantitative estimate of drug-likeness (QED) is 0.0820. The number of aliphatic hydroxyl groups excluding tert-OH is 1. The summed E-state index contributed by atoms with van der Waals surface area (Å²) in [6, 6.07) is 16.3. The first-order chi connectivity index (χ1) is 22.1. The fourth-order valence-corrected chi connectivity index (χ4v) is 5.50. The number of nitriles is 1. The number of urea groups is 1. The molecule has 1 aliphatic heterocycles. The van der Waals surface area contributed by atoms with Crippen molar-refractivity contribution in [2.24, 2.45) is 5.10 Å². The number of carbonyl (C=O) groups is 2. The number of nitrogens with one attached hydrogen (secondary N) is 3. The molecule has 2 amide bonds. The predicted octanol–water partition coefficient (Wildman–Crippen LogP) is 5.07. The van der Waals surface area contributed by atoms with Crippen LogP contribution in [0.3, 0.4) is 0 Å². The van der Waals surface area contributed by atoms with Crippen molar-refractivity contribution in [1.82, 2.24) is 16.1 Å². The van der Waals surface area contributed by atoms with Gasteiger partial charge in [0.1, 0.15) is 19.0 Å². The van der Waals surface area contributed by atoms with Gasteiger partial charge < -0.3 is 34.7 Å². The van der Waals surface area contributed by atoms with Gasteiger partial charge in [-0.2, -0.15) is 10.4 Å². The fourth-order valence-electron chi connectivity index (χ4n) is 4.55. The van der Waals surface area contributed by atoms with E-state index in [-0.39, 0.29) is 18.8 Å². The molecular weight excluding hydrogens is 682 g/mol. The summed E-state index contributed by atoms with van der Waals surface area (Å²) < 4.78 is 23.1. The molecule has 0 spiro atoms. The second kappa shape index (κ2) is 16.0. The van der Waals surface area contributed by atoms with E-state index in [2.05, 4.69) is 43.2 Å². The first-order valence-electron chi connectivity index (χ1n) is 14.0. The Balaban J connectivity index is 1.43. The molecular formula is C32H31BrClN5O7. The van der Waals surface area contributed by atoms with Crippen LogP contribution in [0.15, 0.2) is 75.4 Å². The summed E-state index contributed by atoms with van der Waals surface area (Å²) in [5.41, 5.74) is 5.53. The lowest BCUT2D eigenvalue weighted by molar-refractivity contribution is -0.136. The summed E-state index contributed by atoms with van der Waals surface area (Å²) in [7, 11) is 1.26. The fraction of sp³-hybridized carbons (Fsp3) is 0.250. The number of hydrogen-bond donors (Lipinski definition) is 4. The number of aliphatic hydroxyl groups is 1. The van der Waals surface area contributed by atoms with E-state index in [1.54, 1.807) is 62.4 Å². The first kappa shape index (κ1) is 34.1. The van der Waals surface area contributed by atoms with Crippen molar-refractivity contribution >= 4 is 45.7 Å². The average molecular weight is 713 g/mol. The molecule has 1 heterocycles. The molecule has 0 saturated carbocycles. The molecule has 14 heteroatoms. The molecule has 0 aromatic heterocycles. The lowest BCUT2D eigenvalue weighted by atomic mass is 9.95. The maximum Gasteiger partial charge on any atom is 0.337 e. The van der Waals surface area contributed by atoms with E-state index in [0.717, 1.165) is 5.56 Å². The number of hydrazone groups is 1. The van der Waals surface area contributed by atoms with Crippen LogP contribution in [0.1, 0.15) is 42.1 Å². The molecule has 12 nitrogen and oxygen atoms in total. The van der Waals surface area contributed by atoms with Gasteiger partial charge in [-0.1, -0.05) is 35.9 Å². The van der Waals surface area contributed by atoms with Gasteiger partial charge in [0.25, 0.3) is 0 Å². The Kier molecular flexibility index (Phi) is 11.9. The number of allylic oxidation sites excluding steroid dienone is 1. The zero-order valence-corrected chi connectivity index (χ0v) is 27.4. The van der Waals surface area contributed by atoms with Crippen molar-refractivity contribution < 1.29 is 33.6 Å². The standard InChI is InChI=1S/C32H31BrClN5O7/c1-4-44-26-12-19(29-28(31(41)43-3)18(2)37-32(42)38-29)9-10-25(26)45-17-27(40)39-36-15-22-11-23(34)13-24(33)30(22)46-16-21-8-6-5-7-20(21)14-35/h5-13,15,27,29,39-40H,4,16-17H2,1-3H3,(H2,37,38,42)/b36-15+/t27-,29-/m0/s1. The van der Waals surface area contributed by atoms with E-state index >= 15 is 0 Å². The first-order valence-corrected chi connectivity index (χ1v) is 15.1. The van der Waals surface area contributed by atoms with Crippen molar-refractivity contribution in [2.45, 2.75) is 32.7 Å². The number of rotatable bonds is 13. The maximum atomic E-state index is 12.5. The Hall–Kier alpha value is -4.77. The monoisotopic (exact) mass is 711 g/mol. The van der Waals surface area contributed by atoms with Gasteiger partial charge in [0, 0.05) is 21.8 Å². The second-order valence-electron chi connectivity index (χ2n) is 9.78. The summed E-state index contributed by atoms with van der Waals surface area (Å²) in [5.74, 6) is 0.522. The van der Waals surface area contributed by atoms with Gasteiger partial charge >= 0.3 is 12.0 Å². The maximum absolute atomic E-state index is 12.5. The third-order valence-corrected chi connectivity index (χ3v) is 7.45. The van der Waals surface area contributed by atoms with Gasteiger partial charge in [0.05, 0.1) is 47.7 Å². The van der Waals surface area contributed by atoms with Crippen LogP contribution in [0, 0.1) is 11.3 Å². The molecule has 3 aromatic rings. The molecule has 4 rings (SSSR count). The zero-order valence-electron chi connectivity index (χ0n) is 25.1. The summed E-state index contributed by atoms with van der Waals surface area (Å²) in [5, 5.41) is 29.8. The average Bonchev–Trinajstić information content (AvgIpc) is 3.03. The normalized spacial score (nSPS) is 15.0. The minimum absolute atomic E-state index is 0.138. The minimum atomic E-state index is -1.22. The Morgan fingerprint density at radius 2 is 1.98 bits per heavy atom. The van der Waals surface area contributed by atoms with Crippen LogP contribution in [0.4, 0.5) is 4.79 Å². The van der Waals surface area contributed by atoms with Crippen molar-refractivity contribution in [2.75, 3.05) is 20.3 Å². The van der Waals surface area contributed by atoms with Crippen LogP contribution in [0.5, 0.6) is 17.2 Å². The summed E-state index contributed by atoms with van der Waals surface area (Å²) in [4.78, 5) is 24.6. The van der Waals surface area contributed by atoms with E-state index in [1.165, 1.54) is 13.3 Å². The molecule has 3 aromatic carbocycles. The van der Waals surface area contributed by atoms with Crippen LogP contribution in [-0.2, 0) is 16.1 Å². The summed E-state index contributed by atoms with van der Waals surface area (Å²) >= 11 is 9.71. The highest BCUT2D eigenvalue weighted by Gasteiger charge is 2.32. The van der Waals surface area contributed by atoms with Gasteiger partial charge in [-0.05, 0) is 65.7 Å². The van der Waals surface area contributed by atoms with Gasteiger partial charge in [0.2, 0.25) is 0 Å². The number of carbonyl (C=O) groups excluding carboxylic acids is 2. The van der Waals surface area contributed by atoms with Crippen molar-refractivity contribution in [1.29, 1.82) is 5.26 Å². The number of methoxy groups -OCH3 is 1. The van der Waals surface area contributed by atoms with E-state index in [9.17, 15) is 20.0 Å². The number of nitrogens with zero attached hydrogens (tertiary/aromatic N) is 2. The number of ether oxygens (including phenoxy) is 4. The molecule has 0 unspecified atom stereocenters.